The fraction of sp³-hybridized carbons (Fsp3) is 0.350. The number of piperidine rings is 1. The molecular weight excluding hydrogens is 472 g/mol. The Kier molecular flexibility index (Phi) is 5.53. The minimum absolute atomic E-state index is 0.00845. The molecule has 182 valence electrons. The molecule has 0 bridgehead atoms. The molecule has 0 atom stereocenters. The maximum Gasteiger partial charge on any atom is 0.453 e. The van der Waals surface area contributed by atoms with Gasteiger partial charge in [0.05, 0.1) is 0 Å². The number of amides is 1. The Morgan fingerprint density at radius 1 is 1.09 bits per heavy atom. The van der Waals surface area contributed by atoms with Gasteiger partial charge in [0.2, 0.25) is 5.91 Å². The van der Waals surface area contributed by atoms with E-state index in [-0.39, 0.29) is 23.2 Å². The second-order valence-corrected chi connectivity index (χ2v) is 8.04. The third-order valence-electron chi connectivity index (χ3n) is 5.76. The predicted octanol–water partition coefficient (Wildman–Crippen LogP) is 2.42. The fourth-order valence-electron chi connectivity index (χ4n) is 3.95. The summed E-state index contributed by atoms with van der Waals surface area (Å²) in [6.07, 6.45) is -3.76. The van der Waals surface area contributed by atoms with Crippen molar-refractivity contribution in [1.82, 2.24) is 40.0 Å². The first-order valence-electron chi connectivity index (χ1n) is 10.6. The normalized spacial score (nSPS) is 15.1. The van der Waals surface area contributed by atoms with Crippen LogP contribution in [-0.4, -0.2) is 59.0 Å². The zero-order chi connectivity index (χ0) is 24.7. The molecule has 1 aromatic carbocycles. The highest BCUT2D eigenvalue weighted by Gasteiger charge is 2.38. The number of hydrogen-bond donors (Lipinski definition) is 1. The summed E-state index contributed by atoms with van der Waals surface area (Å²) >= 11 is 0. The van der Waals surface area contributed by atoms with Gasteiger partial charge in [-0.1, -0.05) is 0 Å². The van der Waals surface area contributed by atoms with Gasteiger partial charge in [-0.25, -0.2) is 4.39 Å². The molecule has 0 spiro atoms. The van der Waals surface area contributed by atoms with Crippen LogP contribution in [0.4, 0.5) is 29.1 Å². The molecule has 1 N–H and O–H groups in total. The van der Waals surface area contributed by atoms with Crippen LogP contribution < -0.4 is 10.2 Å². The Morgan fingerprint density at radius 3 is 2.54 bits per heavy atom. The molecule has 35 heavy (non-hydrogen) atoms. The molecule has 0 saturated carbocycles. The van der Waals surface area contributed by atoms with Gasteiger partial charge in [0, 0.05) is 24.7 Å². The van der Waals surface area contributed by atoms with E-state index in [1.54, 1.807) is 17.9 Å². The molecule has 0 unspecified atom stereocenters. The van der Waals surface area contributed by atoms with Crippen molar-refractivity contribution < 1.29 is 22.4 Å². The van der Waals surface area contributed by atoms with Crippen LogP contribution in [0.15, 0.2) is 30.3 Å². The van der Waals surface area contributed by atoms with Crippen molar-refractivity contribution in [2.45, 2.75) is 25.9 Å². The zero-order valence-electron chi connectivity index (χ0n) is 18.2. The molecule has 4 heterocycles. The number of carbonyl (C=O) groups excluding carboxylic acids is 1. The highest BCUT2D eigenvalue weighted by Crippen LogP contribution is 2.29. The van der Waals surface area contributed by atoms with Gasteiger partial charge in [-0.2, -0.15) is 22.4 Å². The van der Waals surface area contributed by atoms with Gasteiger partial charge in [0.1, 0.15) is 17.3 Å². The maximum absolute atomic E-state index is 14.3. The number of aryl methyl sites for hydroxylation is 1. The summed E-state index contributed by atoms with van der Waals surface area (Å²) in [4.78, 5) is 14.6. The van der Waals surface area contributed by atoms with Crippen molar-refractivity contribution in [3.63, 3.8) is 0 Å². The van der Waals surface area contributed by atoms with Crippen LogP contribution in [0, 0.1) is 18.7 Å². The minimum Gasteiger partial charge on any atom is -0.355 e. The number of nitrogens with one attached hydrogen (secondary N) is 1. The lowest BCUT2D eigenvalue weighted by molar-refractivity contribution is -0.146. The lowest BCUT2D eigenvalue weighted by Gasteiger charge is -2.32. The number of fused-ring (bicyclic) bond motifs is 1. The van der Waals surface area contributed by atoms with Gasteiger partial charge < -0.3 is 10.2 Å². The Morgan fingerprint density at radius 2 is 1.86 bits per heavy atom. The number of hydrogen-bond acceptors (Lipinski definition) is 8. The zero-order valence-corrected chi connectivity index (χ0v) is 18.2. The smallest absolute Gasteiger partial charge is 0.355 e. The first kappa shape index (κ1) is 22.6. The molecule has 15 heteroatoms. The van der Waals surface area contributed by atoms with Crippen LogP contribution in [0.25, 0.3) is 11.3 Å². The summed E-state index contributed by atoms with van der Waals surface area (Å²) < 4.78 is 55.6. The van der Waals surface area contributed by atoms with Gasteiger partial charge in [-0.15, -0.1) is 20.4 Å². The molecule has 1 fully saturated rings. The molecule has 0 aliphatic carbocycles. The van der Waals surface area contributed by atoms with Crippen LogP contribution in [0.2, 0.25) is 0 Å². The molecular formula is C20H18F4N10O. The summed E-state index contributed by atoms with van der Waals surface area (Å²) in [5.41, 5.74) is 0.489. The van der Waals surface area contributed by atoms with Gasteiger partial charge in [0.15, 0.2) is 11.5 Å². The Labute approximate surface area is 194 Å². The van der Waals surface area contributed by atoms with E-state index in [1.165, 1.54) is 28.9 Å². The lowest BCUT2D eigenvalue weighted by atomic mass is 9.96. The van der Waals surface area contributed by atoms with Gasteiger partial charge in [-0.3, -0.25) is 4.79 Å². The molecule has 1 aliphatic heterocycles. The summed E-state index contributed by atoms with van der Waals surface area (Å²) in [7, 11) is 0. The second-order valence-electron chi connectivity index (χ2n) is 8.04. The third-order valence-corrected chi connectivity index (χ3v) is 5.76. The van der Waals surface area contributed by atoms with E-state index in [9.17, 15) is 22.4 Å². The number of aromatic nitrogens is 8. The quantitative estimate of drug-likeness (QED) is 0.434. The predicted molar refractivity (Wildman–Crippen MR) is 113 cm³/mol. The number of carbonyl (C=O) groups is 1. The Hall–Kier alpha value is -4.17. The number of rotatable bonds is 4. The molecule has 4 aromatic rings. The average molecular weight is 490 g/mol. The van der Waals surface area contributed by atoms with Crippen molar-refractivity contribution in [1.29, 1.82) is 0 Å². The van der Waals surface area contributed by atoms with E-state index in [0.29, 0.717) is 47.8 Å². The molecule has 0 radical (unpaired) electrons. The number of nitrogens with zero attached hydrogens (tertiary/aromatic N) is 9. The highest BCUT2D eigenvalue weighted by molar-refractivity contribution is 5.93. The number of tetrazole rings is 1. The van der Waals surface area contributed by atoms with Crippen LogP contribution in [0.3, 0.4) is 0 Å². The van der Waals surface area contributed by atoms with Crippen molar-refractivity contribution in [2.75, 3.05) is 23.3 Å². The standard InChI is InChI=1S/C20H18F4N10O/c1-11-26-30-31-33(11)15-10-13(2-3-14(15)21)25-18(35)12-6-8-32(9-7-12)17-5-4-16-27-28-19(20(22,23)24)34(16)29-17/h2-5,10,12H,6-9H2,1H3,(H,25,35). The lowest BCUT2D eigenvalue weighted by Crippen LogP contribution is -2.38. The highest BCUT2D eigenvalue weighted by atomic mass is 19.4. The van der Waals surface area contributed by atoms with Crippen LogP contribution in [0.5, 0.6) is 0 Å². The monoisotopic (exact) mass is 490 g/mol. The van der Waals surface area contributed by atoms with Crippen LogP contribution in [-0.2, 0) is 11.0 Å². The molecule has 11 nitrogen and oxygen atoms in total. The number of halogens is 4. The SMILES string of the molecule is Cc1nnnn1-c1cc(NC(=O)C2CCN(c3ccc4nnc(C(F)(F)F)n4n3)CC2)ccc1F. The Bertz CT molecular complexity index is 1390. The van der Waals surface area contributed by atoms with Crippen LogP contribution in [0.1, 0.15) is 24.5 Å². The molecule has 1 amide bonds. The number of anilines is 2. The summed E-state index contributed by atoms with van der Waals surface area (Å²) in [5.74, 6) is -1.59. The Balaban J connectivity index is 1.26. The third kappa shape index (κ3) is 4.36. The topological polar surface area (TPSA) is 119 Å². The van der Waals surface area contributed by atoms with Crippen molar-refractivity contribution in [3.8, 4) is 5.69 Å². The first-order valence-corrected chi connectivity index (χ1v) is 10.6. The summed E-state index contributed by atoms with van der Waals surface area (Å²) in [6.45, 7) is 2.45. The van der Waals surface area contributed by atoms with Gasteiger partial charge in [0.25, 0.3) is 5.82 Å². The van der Waals surface area contributed by atoms with E-state index in [0.717, 1.165) is 0 Å². The van der Waals surface area contributed by atoms with Crippen molar-refractivity contribution in [2.24, 2.45) is 5.92 Å². The molecule has 3 aromatic heterocycles. The average Bonchev–Trinajstić information content (AvgIpc) is 3.46. The summed E-state index contributed by atoms with van der Waals surface area (Å²) in [6, 6.07) is 7.11. The molecule has 5 rings (SSSR count). The van der Waals surface area contributed by atoms with Crippen molar-refractivity contribution >= 4 is 23.1 Å². The second kappa shape index (κ2) is 8.56. The molecule has 1 aliphatic rings. The number of alkyl halides is 3. The molecule has 1 saturated heterocycles. The van der Waals surface area contributed by atoms with E-state index >= 15 is 0 Å². The van der Waals surface area contributed by atoms with E-state index in [1.807, 2.05) is 0 Å². The van der Waals surface area contributed by atoms with E-state index in [2.05, 4.69) is 36.1 Å². The largest absolute Gasteiger partial charge is 0.453 e. The van der Waals surface area contributed by atoms with Gasteiger partial charge in [-0.05, 0) is 60.5 Å². The summed E-state index contributed by atoms with van der Waals surface area (Å²) in [5, 5.41) is 24.5. The van der Waals surface area contributed by atoms with E-state index < -0.39 is 17.8 Å². The first-order chi connectivity index (χ1) is 16.7. The van der Waals surface area contributed by atoms with E-state index in [4.69, 9.17) is 0 Å². The minimum atomic E-state index is -4.68. The fourth-order valence-corrected chi connectivity index (χ4v) is 3.95. The number of benzene rings is 1. The van der Waals surface area contributed by atoms with Crippen molar-refractivity contribution in [3.05, 3.63) is 47.8 Å². The maximum atomic E-state index is 14.3. The van der Waals surface area contributed by atoms with Crippen LogP contribution >= 0.6 is 0 Å². The van der Waals surface area contributed by atoms with Gasteiger partial charge >= 0.3 is 6.18 Å².